The highest BCUT2D eigenvalue weighted by molar-refractivity contribution is 5.88. The molecule has 0 unspecified atom stereocenters. The molecule has 0 saturated heterocycles. The van der Waals surface area contributed by atoms with Gasteiger partial charge in [-0.25, -0.2) is 4.79 Å². The Morgan fingerprint density at radius 3 is 2.72 bits per heavy atom. The van der Waals surface area contributed by atoms with Crippen LogP contribution >= 0.6 is 0 Å². The molecule has 1 aromatic rings. The van der Waals surface area contributed by atoms with E-state index < -0.39 is 10.9 Å². The van der Waals surface area contributed by atoms with E-state index in [1.54, 1.807) is 0 Å². The molecule has 98 valence electrons. The fourth-order valence-electron chi connectivity index (χ4n) is 1.30. The molecule has 0 aromatic heterocycles. The third-order valence-corrected chi connectivity index (χ3v) is 2.15. The molecule has 7 heteroatoms. The Bertz CT molecular complexity index is 445. The Kier molecular flexibility index (Phi) is 5.06. The first kappa shape index (κ1) is 13.9. The van der Waals surface area contributed by atoms with Crippen LogP contribution in [-0.4, -0.2) is 36.3 Å². The van der Waals surface area contributed by atoms with Crippen molar-refractivity contribution in [2.45, 2.75) is 6.42 Å². The van der Waals surface area contributed by atoms with Crippen molar-refractivity contribution in [3.05, 3.63) is 33.9 Å². The lowest BCUT2D eigenvalue weighted by Gasteiger charge is -2.07. The number of rotatable bonds is 7. The van der Waals surface area contributed by atoms with Crippen LogP contribution < -0.4 is 4.74 Å². The van der Waals surface area contributed by atoms with Crippen LogP contribution in [0.2, 0.25) is 0 Å². The molecule has 0 heterocycles. The van der Waals surface area contributed by atoms with Crippen molar-refractivity contribution in [2.24, 2.45) is 0 Å². The van der Waals surface area contributed by atoms with Crippen molar-refractivity contribution >= 4 is 11.7 Å². The zero-order valence-corrected chi connectivity index (χ0v) is 9.79. The molecule has 0 bridgehead atoms. The van der Waals surface area contributed by atoms with Crippen molar-refractivity contribution in [3.8, 4) is 5.75 Å². The maximum atomic E-state index is 10.8. The Hall–Kier alpha value is -2.15. The Balaban J connectivity index is 2.86. The van der Waals surface area contributed by atoms with Crippen LogP contribution in [0.15, 0.2) is 18.2 Å². The number of aromatic carboxylic acids is 1. The van der Waals surface area contributed by atoms with Gasteiger partial charge in [-0.2, -0.15) is 0 Å². The minimum Gasteiger partial charge on any atom is -0.487 e. The first-order valence-corrected chi connectivity index (χ1v) is 5.19. The van der Waals surface area contributed by atoms with Crippen LogP contribution in [0.3, 0.4) is 0 Å². The van der Waals surface area contributed by atoms with Gasteiger partial charge in [0.1, 0.15) is 0 Å². The summed E-state index contributed by atoms with van der Waals surface area (Å²) in [6.07, 6.45) is 0.560. The first-order valence-electron chi connectivity index (χ1n) is 5.19. The Morgan fingerprint density at radius 2 is 2.17 bits per heavy atom. The van der Waals surface area contributed by atoms with E-state index in [2.05, 4.69) is 0 Å². The molecule has 1 aromatic carbocycles. The summed E-state index contributed by atoms with van der Waals surface area (Å²) in [5.74, 6) is -1.21. The largest absolute Gasteiger partial charge is 0.487 e. The Labute approximate surface area is 103 Å². The quantitative estimate of drug-likeness (QED) is 0.452. The molecule has 1 N–H and O–H groups in total. The molecule has 0 fully saturated rings. The minimum absolute atomic E-state index is 0.0454. The second kappa shape index (κ2) is 6.55. The molecule has 0 amide bonds. The summed E-state index contributed by atoms with van der Waals surface area (Å²) in [6, 6.07) is 3.44. The average molecular weight is 255 g/mol. The van der Waals surface area contributed by atoms with E-state index in [1.807, 2.05) is 0 Å². The molecule has 0 saturated carbocycles. The average Bonchev–Trinajstić information content (AvgIpc) is 2.34. The van der Waals surface area contributed by atoms with E-state index >= 15 is 0 Å². The number of nitro groups is 1. The molecule has 0 spiro atoms. The van der Waals surface area contributed by atoms with E-state index in [-0.39, 0.29) is 23.6 Å². The molecule has 0 aliphatic carbocycles. The SMILES string of the molecule is COCCCOc1cc(C(=O)O)ccc1[N+](=O)[O-]. The number of carbonyl (C=O) groups is 1. The summed E-state index contributed by atoms with van der Waals surface area (Å²) in [5, 5.41) is 19.5. The van der Waals surface area contributed by atoms with Gasteiger partial charge >= 0.3 is 11.7 Å². The maximum absolute atomic E-state index is 10.8. The summed E-state index contributed by atoms with van der Waals surface area (Å²) in [6.45, 7) is 0.685. The molecule has 18 heavy (non-hydrogen) atoms. The molecule has 0 atom stereocenters. The van der Waals surface area contributed by atoms with Gasteiger partial charge in [0, 0.05) is 32.3 Å². The lowest BCUT2D eigenvalue weighted by Crippen LogP contribution is -2.05. The second-order valence-electron chi connectivity index (χ2n) is 3.44. The lowest BCUT2D eigenvalue weighted by atomic mass is 10.2. The molecule has 7 nitrogen and oxygen atoms in total. The van der Waals surface area contributed by atoms with Crippen LogP contribution in [0.4, 0.5) is 5.69 Å². The van der Waals surface area contributed by atoms with Crippen LogP contribution in [0.25, 0.3) is 0 Å². The van der Waals surface area contributed by atoms with Gasteiger partial charge in [0.15, 0.2) is 5.75 Å². The predicted molar refractivity (Wildman–Crippen MR) is 62.0 cm³/mol. The number of carboxylic acids is 1. The summed E-state index contributed by atoms with van der Waals surface area (Å²) in [5.41, 5.74) is -0.306. The van der Waals surface area contributed by atoms with Gasteiger partial charge in [-0.1, -0.05) is 0 Å². The zero-order valence-electron chi connectivity index (χ0n) is 9.79. The van der Waals surface area contributed by atoms with Crippen LogP contribution in [0, 0.1) is 10.1 Å². The molecular weight excluding hydrogens is 242 g/mol. The monoisotopic (exact) mass is 255 g/mol. The molecule has 1 rings (SSSR count). The van der Waals surface area contributed by atoms with Crippen molar-refractivity contribution in [1.82, 2.24) is 0 Å². The molecule has 0 aliphatic rings. The van der Waals surface area contributed by atoms with Crippen molar-refractivity contribution in [2.75, 3.05) is 20.3 Å². The number of nitrogens with zero attached hydrogens (tertiary/aromatic N) is 1. The molecule has 0 radical (unpaired) electrons. The van der Waals surface area contributed by atoms with E-state index in [0.717, 1.165) is 12.1 Å². The van der Waals surface area contributed by atoms with Crippen LogP contribution in [0.5, 0.6) is 5.75 Å². The van der Waals surface area contributed by atoms with E-state index in [9.17, 15) is 14.9 Å². The van der Waals surface area contributed by atoms with Crippen LogP contribution in [0.1, 0.15) is 16.8 Å². The van der Waals surface area contributed by atoms with E-state index in [1.165, 1.54) is 13.2 Å². The number of ether oxygens (including phenoxy) is 2. The fourth-order valence-corrected chi connectivity index (χ4v) is 1.30. The van der Waals surface area contributed by atoms with Crippen molar-refractivity contribution < 1.29 is 24.3 Å². The standard InChI is InChI=1S/C11H13NO6/c1-17-5-2-6-18-10-7-8(11(13)14)3-4-9(10)12(15)16/h3-4,7H,2,5-6H2,1H3,(H,13,14). The number of carboxylic acid groups (broad SMARTS) is 1. The third kappa shape index (κ3) is 3.70. The van der Waals surface area contributed by atoms with Gasteiger partial charge in [0.25, 0.3) is 0 Å². The lowest BCUT2D eigenvalue weighted by molar-refractivity contribution is -0.385. The number of nitro benzene ring substituents is 1. The summed E-state index contributed by atoms with van der Waals surface area (Å²) in [7, 11) is 1.54. The van der Waals surface area contributed by atoms with Gasteiger partial charge in [0.2, 0.25) is 0 Å². The highest BCUT2D eigenvalue weighted by Crippen LogP contribution is 2.28. The van der Waals surface area contributed by atoms with E-state index in [0.29, 0.717) is 13.0 Å². The highest BCUT2D eigenvalue weighted by Gasteiger charge is 2.17. The number of benzene rings is 1. The van der Waals surface area contributed by atoms with Gasteiger partial charge in [-0.3, -0.25) is 10.1 Å². The zero-order chi connectivity index (χ0) is 13.5. The van der Waals surface area contributed by atoms with Gasteiger partial charge < -0.3 is 14.6 Å². The first-order chi connectivity index (χ1) is 8.56. The minimum atomic E-state index is -1.16. The summed E-state index contributed by atoms with van der Waals surface area (Å²) in [4.78, 5) is 20.9. The molecule has 0 aliphatic heterocycles. The van der Waals surface area contributed by atoms with Gasteiger partial charge in [-0.05, 0) is 6.07 Å². The number of hydrogen-bond donors (Lipinski definition) is 1. The topological polar surface area (TPSA) is 98.9 Å². The smallest absolute Gasteiger partial charge is 0.335 e. The van der Waals surface area contributed by atoms with E-state index in [4.69, 9.17) is 14.6 Å². The van der Waals surface area contributed by atoms with Crippen molar-refractivity contribution in [3.63, 3.8) is 0 Å². The fraction of sp³-hybridized carbons (Fsp3) is 0.364. The molecular formula is C11H13NO6. The maximum Gasteiger partial charge on any atom is 0.335 e. The predicted octanol–water partition coefficient (Wildman–Crippen LogP) is 1.71. The van der Waals surface area contributed by atoms with Gasteiger partial charge in [-0.15, -0.1) is 0 Å². The van der Waals surface area contributed by atoms with Crippen molar-refractivity contribution in [1.29, 1.82) is 0 Å². The highest BCUT2D eigenvalue weighted by atomic mass is 16.6. The van der Waals surface area contributed by atoms with Crippen LogP contribution in [-0.2, 0) is 4.74 Å². The normalized spacial score (nSPS) is 10.1. The number of methoxy groups -OCH3 is 1. The summed E-state index contributed by atoms with van der Waals surface area (Å²) >= 11 is 0. The second-order valence-corrected chi connectivity index (χ2v) is 3.44. The van der Waals surface area contributed by atoms with Gasteiger partial charge in [0.05, 0.1) is 17.1 Å². The number of hydrogen-bond acceptors (Lipinski definition) is 5. The Morgan fingerprint density at radius 1 is 1.44 bits per heavy atom. The summed E-state index contributed by atoms with van der Waals surface area (Å²) < 4.78 is 10.0. The third-order valence-electron chi connectivity index (χ3n) is 2.15.